The van der Waals surface area contributed by atoms with E-state index >= 15 is 0 Å². The van der Waals surface area contributed by atoms with E-state index in [0.717, 1.165) is 16.8 Å². The van der Waals surface area contributed by atoms with Gasteiger partial charge in [-0.2, -0.15) is 0 Å². The van der Waals surface area contributed by atoms with Crippen molar-refractivity contribution in [1.82, 2.24) is 5.43 Å². The van der Waals surface area contributed by atoms with Crippen LogP contribution >= 0.6 is 23.8 Å². The molecule has 0 bridgehead atoms. The van der Waals surface area contributed by atoms with Crippen LogP contribution in [0.4, 0.5) is 5.69 Å². The summed E-state index contributed by atoms with van der Waals surface area (Å²) in [6.07, 6.45) is 0. The smallest absolute Gasteiger partial charge is 0.271 e. The number of benzene rings is 2. The molecule has 0 aliphatic heterocycles. The number of aryl methyl sites for hydroxylation is 2. The molecule has 0 radical (unpaired) electrons. The van der Waals surface area contributed by atoms with Gasteiger partial charge in [0.25, 0.3) is 5.91 Å². The van der Waals surface area contributed by atoms with Crippen LogP contribution in [-0.2, 0) is 0 Å². The zero-order valence-electron chi connectivity index (χ0n) is 12.3. The highest BCUT2D eigenvalue weighted by Crippen LogP contribution is 2.24. The third-order valence-electron chi connectivity index (χ3n) is 3.22. The number of nitrogens with zero attached hydrogens (tertiary/aromatic N) is 1. The minimum Gasteiger partial charge on any atom is -0.374 e. The zero-order valence-corrected chi connectivity index (χ0v) is 13.8. The van der Waals surface area contributed by atoms with Crippen molar-refractivity contribution in [2.75, 3.05) is 5.01 Å². The van der Waals surface area contributed by atoms with Gasteiger partial charge < -0.3 is 5.73 Å². The minimum atomic E-state index is -0.374. The number of hydrazine groups is 1. The number of carbonyl (C=O) groups excluding carboxylic acids is 1. The number of thiocarbonyl (C=S) groups is 1. The first-order chi connectivity index (χ1) is 10.4. The molecule has 2 rings (SSSR count). The lowest BCUT2D eigenvalue weighted by molar-refractivity contribution is 0.0955. The van der Waals surface area contributed by atoms with Crippen LogP contribution < -0.4 is 16.2 Å². The summed E-state index contributed by atoms with van der Waals surface area (Å²) >= 11 is 11.1. The average Bonchev–Trinajstić information content (AvgIpc) is 2.46. The molecule has 0 saturated carbocycles. The van der Waals surface area contributed by atoms with Crippen LogP contribution in [0.3, 0.4) is 0 Å². The van der Waals surface area contributed by atoms with E-state index in [1.54, 1.807) is 24.3 Å². The van der Waals surface area contributed by atoms with Crippen LogP contribution in [0.2, 0.25) is 5.02 Å². The Kier molecular flexibility index (Phi) is 5.00. The Labute approximate surface area is 139 Å². The van der Waals surface area contributed by atoms with Gasteiger partial charge in [-0.05, 0) is 49.3 Å². The number of hydrogen-bond acceptors (Lipinski definition) is 2. The van der Waals surface area contributed by atoms with Crippen molar-refractivity contribution in [2.45, 2.75) is 13.8 Å². The topological polar surface area (TPSA) is 58.4 Å². The molecular weight excluding hydrogens is 318 g/mol. The normalized spacial score (nSPS) is 10.1. The fourth-order valence-corrected chi connectivity index (χ4v) is 2.55. The molecule has 3 N–H and O–H groups in total. The fourth-order valence-electron chi connectivity index (χ4n) is 2.19. The number of para-hydroxylation sites is 1. The van der Waals surface area contributed by atoms with Gasteiger partial charge in [0, 0.05) is 0 Å². The second kappa shape index (κ2) is 6.77. The Balaban J connectivity index is 2.37. The fraction of sp³-hybridized carbons (Fsp3) is 0.125. The monoisotopic (exact) mass is 333 g/mol. The Morgan fingerprint density at radius 1 is 1.14 bits per heavy atom. The number of halogens is 1. The summed E-state index contributed by atoms with van der Waals surface area (Å²) in [6, 6.07) is 12.6. The summed E-state index contributed by atoms with van der Waals surface area (Å²) in [5.74, 6) is -0.374. The van der Waals surface area contributed by atoms with Gasteiger partial charge in [0.15, 0.2) is 5.11 Å². The molecule has 0 aliphatic rings. The Hall–Kier alpha value is -2.11. The molecule has 1 amide bonds. The molecule has 0 heterocycles. The maximum atomic E-state index is 12.4. The lowest BCUT2D eigenvalue weighted by Gasteiger charge is -2.26. The number of anilines is 1. The highest BCUT2D eigenvalue weighted by atomic mass is 35.5. The van der Waals surface area contributed by atoms with E-state index in [2.05, 4.69) is 5.43 Å². The average molecular weight is 334 g/mol. The van der Waals surface area contributed by atoms with E-state index in [4.69, 9.17) is 29.6 Å². The van der Waals surface area contributed by atoms with E-state index in [9.17, 15) is 4.79 Å². The van der Waals surface area contributed by atoms with Gasteiger partial charge in [0.1, 0.15) is 0 Å². The van der Waals surface area contributed by atoms with E-state index in [-0.39, 0.29) is 11.0 Å². The van der Waals surface area contributed by atoms with E-state index in [1.807, 2.05) is 32.0 Å². The van der Waals surface area contributed by atoms with Gasteiger partial charge in [0.2, 0.25) is 0 Å². The van der Waals surface area contributed by atoms with Crippen LogP contribution in [-0.4, -0.2) is 11.0 Å². The summed E-state index contributed by atoms with van der Waals surface area (Å²) in [5, 5.41) is 1.83. The molecule has 4 nitrogen and oxygen atoms in total. The lowest BCUT2D eigenvalue weighted by Crippen LogP contribution is -2.49. The number of amides is 1. The van der Waals surface area contributed by atoms with Crippen molar-refractivity contribution in [2.24, 2.45) is 5.73 Å². The minimum absolute atomic E-state index is 0.0535. The third-order valence-corrected chi connectivity index (χ3v) is 3.73. The molecule has 6 heteroatoms. The van der Waals surface area contributed by atoms with E-state index < -0.39 is 0 Å². The highest BCUT2D eigenvalue weighted by molar-refractivity contribution is 7.80. The van der Waals surface area contributed by atoms with E-state index in [1.165, 1.54) is 5.01 Å². The second-order valence-corrected chi connectivity index (χ2v) is 5.66. The Bertz CT molecular complexity index is 713. The summed E-state index contributed by atoms with van der Waals surface area (Å²) in [4.78, 5) is 12.4. The molecule has 0 spiro atoms. The number of carbonyl (C=O) groups is 1. The summed E-state index contributed by atoms with van der Waals surface area (Å²) < 4.78 is 0. The SMILES string of the molecule is Cc1cccc(C)c1N(NC(=O)c1ccccc1Cl)C(N)=S. The van der Waals surface area contributed by atoms with Gasteiger partial charge >= 0.3 is 0 Å². The van der Waals surface area contributed by atoms with Crippen molar-refractivity contribution >= 4 is 40.5 Å². The van der Waals surface area contributed by atoms with Gasteiger partial charge in [-0.15, -0.1) is 0 Å². The Morgan fingerprint density at radius 3 is 2.27 bits per heavy atom. The summed E-state index contributed by atoms with van der Waals surface area (Å²) in [6.45, 7) is 3.85. The molecule has 22 heavy (non-hydrogen) atoms. The predicted octanol–water partition coefficient (Wildman–Crippen LogP) is 3.35. The molecule has 0 saturated heterocycles. The molecule has 2 aromatic rings. The summed E-state index contributed by atoms with van der Waals surface area (Å²) in [7, 11) is 0. The van der Waals surface area contributed by atoms with Crippen molar-refractivity contribution in [3.05, 3.63) is 64.2 Å². The number of nitrogens with two attached hydrogens (primary N) is 1. The largest absolute Gasteiger partial charge is 0.374 e. The lowest BCUT2D eigenvalue weighted by atomic mass is 10.1. The zero-order chi connectivity index (χ0) is 16.3. The van der Waals surface area contributed by atoms with Crippen molar-refractivity contribution in [3.8, 4) is 0 Å². The Morgan fingerprint density at radius 2 is 1.73 bits per heavy atom. The van der Waals surface area contributed by atoms with Gasteiger partial charge in [-0.3, -0.25) is 10.2 Å². The molecule has 0 aromatic heterocycles. The predicted molar refractivity (Wildman–Crippen MR) is 94.1 cm³/mol. The van der Waals surface area contributed by atoms with Gasteiger partial charge in [0.05, 0.1) is 16.3 Å². The van der Waals surface area contributed by atoms with Crippen LogP contribution in [0.5, 0.6) is 0 Å². The van der Waals surface area contributed by atoms with Crippen LogP contribution in [0.1, 0.15) is 21.5 Å². The molecular formula is C16H16ClN3OS. The molecule has 0 fully saturated rings. The number of hydrogen-bond donors (Lipinski definition) is 2. The van der Waals surface area contributed by atoms with Crippen LogP contribution in [0.15, 0.2) is 42.5 Å². The van der Waals surface area contributed by atoms with Crippen molar-refractivity contribution in [1.29, 1.82) is 0 Å². The van der Waals surface area contributed by atoms with E-state index in [0.29, 0.717) is 10.6 Å². The maximum absolute atomic E-state index is 12.4. The molecule has 0 unspecified atom stereocenters. The van der Waals surface area contributed by atoms with Gasteiger partial charge in [-0.1, -0.05) is 41.9 Å². The van der Waals surface area contributed by atoms with Crippen molar-refractivity contribution in [3.63, 3.8) is 0 Å². The maximum Gasteiger partial charge on any atom is 0.271 e. The first kappa shape index (κ1) is 16.3. The second-order valence-electron chi connectivity index (χ2n) is 4.83. The standard InChI is InChI=1S/C16H16ClN3OS/c1-10-6-5-7-11(2)14(10)20(16(18)22)19-15(21)12-8-3-4-9-13(12)17/h3-9H,1-2H3,(H2,18,22)(H,19,21). The molecule has 2 aromatic carbocycles. The molecule has 114 valence electrons. The number of nitrogens with one attached hydrogen (secondary N) is 1. The van der Waals surface area contributed by atoms with Crippen molar-refractivity contribution < 1.29 is 4.79 Å². The summed E-state index contributed by atoms with van der Waals surface area (Å²) in [5.41, 5.74) is 11.5. The highest BCUT2D eigenvalue weighted by Gasteiger charge is 2.19. The number of rotatable bonds is 2. The van der Waals surface area contributed by atoms with Crippen LogP contribution in [0, 0.1) is 13.8 Å². The van der Waals surface area contributed by atoms with Gasteiger partial charge in [-0.25, -0.2) is 5.01 Å². The molecule has 0 aliphatic carbocycles. The molecule has 0 atom stereocenters. The van der Waals surface area contributed by atoms with Crippen LogP contribution in [0.25, 0.3) is 0 Å². The first-order valence-corrected chi connectivity index (χ1v) is 7.41. The quantitative estimate of drug-likeness (QED) is 0.653. The first-order valence-electron chi connectivity index (χ1n) is 6.63. The third kappa shape index (κ3) is 3.37.